The van der Waals surface area contributed by atoms with E-state index in [1.807, 2.05) is 0 Å². The van der Waals surface area contributed by atoms with E-state index >= 15 is 0 Å². The van der Waals surface area contributed by atoms with Gasteiger partial charge in [-0.05, 0) is 12.1 Å². The zero-order valence-electron chi connectivity index (χ0n) is 13.7. The lowest BCUT2D eigenvalue weighted by Crippen LogP contribution is -2.42. The van der Waals surface area contributed by atoms with Gasteiger partial charge in [0.1, 0.15) is 10.6 Å². The van der Waals surface area contributed by atoms with Gasteiger partial charge in [0.05, 0.1) is 18.9 Å². The number of sulfonamides is 1. The first-order valence-electron chi connectivity index (χ1n) is 7.62. The molecule has 26 heavy (non-hydrogen) atoms. The average Bonchev–Trinajstić information content (AvgIpc) is 3.00. The molecule has 1 aliphatic heterocycles. The van der Waals surface area contributed by atoms with Crippen LogP contribution in [0, 0.1) is 0 Å². The molecule has 0 bridgehead atoms. The molecule has 0 amide bonds. The molecule has 1 aromatic heterocycles. The second-order valence-electron chi connectivity index (χ2n) is 5.66. The van der Waals surface area contributed by atoms with Gasteiger partial charge in [-0.15, -0.1) is 13.2 Å². The molecular formula is C15H16F3N3O4S. The van der Waals surface area contributed by atoms with Gasteiger partial charge in [0.2, 0.25) is 10.0 Å². The largest absolute Gasteiger partial charge is 0.573 e. The van der Waals surface area contributed by atoms with Crippen LogP contribution in [0.1, 0.15) is 11.7 Å². The van der Waals surface area contributed by atoms with Crippen molar-refractivity contribution < 1.29 is 31.1 Å². The van der Waals surface area contributed by atoms with Crippen LogP contribution in [0.3, 0.4) is 0 Å². The summed E-state index contributed by atoms with van der Waals surface area (Å²) in [6, 6.07) is 4.68. The number of hydrogen-bond donors (Lipinski definition) is 0. The van der Waals surface area contributed by atoms with Gasteiger partial charge in [0.25, 0.3) is 0 Å². The quantitative estimate of drug-likeness (QED) is 0.798. The van der Waals surface area contributed by atoms with Crippen LogP contribution in [-0.4, -0.2) is 48.6 Å². The number of hydrogen-bond acceptors (Lipinski definition) is 5. The summed E-state index contributed by atoms with van der Waals surface area (Å²) in [5, 5.41) is 4.02. The Morgan fingerprint density at radius 3 is 2.69 bits per heavy atom. The third-order valence-electron chi connectivity index (χ3n) is 3.82. The van der Waals surface area contributed by atoms with Gasteiger partial charge >= 0.3 is 6.36 Å². The zero-order valence-corrected chi connectivity index (χ0v) is 14.5. The maximum absolute atomic E-state index is 12.9. The molecule has 0 spiro atoms. The molecule has 0 saturated carbocycles. The lowest BCUT2D eigenvalue weighted by Gasteiger charge is -2.32. The minimum Gasteiger partial charge on any atom is -0.404 e. The van der Waals surface area contributed by atoms with Crippen molar-refractivity contribution in [3.05, 3.63) is 42.2 Å². The second-order valence-corrected chi connectivity index (χ2v) is 7.57. The highest BCUT2D eigenvalue weighted by Gasteiger charge is 2.37. The Hall–Kier alpha value is -2.11. The first kappa shape index (κ1) is 18.7. The van der Waals surface area contributed by atoms with Crippen molar-refractivity contribution in [2.24, 2.45) is 7.05 Å². The van der Waals surface area contributed by atoms with Gasteiger partial charge in [0, 0.05) is 31.9 Å². The fraction of sp³-hybridized carbons (Fsp3) is 0.400. The highest BCUT2D eigenvalue weighted by molar-refractivity contribution is 7.89. The molecule has 2 aromatic rings. The number of morpholine rings is 1. The van der Waals surface area contributed by atoms with E-state index in [1.165, 1.54) is 12.1 Å². The lowest BCUT2D eigenvalue weighted by atomic mass is 10.2. The maximum Gasteiger partial charge on any atom is 0.573 e. The van der Waals surface area contributed by atoms with Crippen molar-refractivity contribution in [1.29, 1.82) is 0 Å². The minimum absolute atomic E-state index is 0.0272. The smallest absolute Gasteiger partial charge is 0.404 e. The monoisotopic (exact) mass is 391 g/mol. The Morgan fingerprint density at radius 2 is 2.04 bits per heavy atom. The number of benzene rings is 1. The summed E-state index contributed by atoms with van der Waals surface area (Å²) < 4.78 is 75.6. The molecule has 1 aliphatic rings. The van der Waals surface area contributed by atoms with Gasteiger partial charge < -0.3 is 9.47 Å². The number of nitrogens with zero attached hydrogens (tertiary/aromatic N) is 3. The van der Waals surface area contributed by atoms with E-state index in [-0.39, 0.29) is 19.7 Å². The topological polar surface area (TPSA) is 73.7 Å². The summed E-state index contributed by atoms with van der Waals surface area (Å²) in [5.74, 6) is -0.760. The van der Waals surface area contributed by atoms with Crippen molar-refractivity contribution >= 4 is 10.0 Å². The lowest BCUT2D eigenvalue weighted by molar-refractivity contribution is -0.275. The zero-order chi connectivity index (χ0) is 18.9. The van der Waals surface area contributed by atoms with Gasteiger partial charge in [0.15, 0.2) is 0 Å². The number of para-hydroxylation sites is 1. The summed E-state index contributed by atoms with van der Waals surface area (Å²) in [4.78, 5) is -0.538. The molecule has 1 saturated heterocycles. The van der Waals surface area contributed by atoms with E-state index in [2.05, 4.69) is 9.84 Å². The first-order valence-corrected chi connectivity index (χ1v) is 9.06. The Morgan fingerprint density at radius 1 is 1.31 bits per heavy atom. The first-order chi connectivity index (χ1) is 12.2. The summed E-state index contributed by atoms with van der Waals surface area (Å²) in [7, 11) is -2.48. The minimum atomic E-state index is -4.99. The molecule has 7 nitrogen and oxygen atoms in total. The molecule has 0 radical (unpaired) electrons. The van der Waals surface area contributed by atoms with E-state index in [0.717, 1.165) is 16.4 Å². The van der Waals surface area contributed by atoms with Crippen LogP contribution >= 0.6 is 0 Å². The third-order valence-corrected chi connectivity index (χ3v) is 5.72. The third kappa shape index (κ3) is 4.00. The van der Waals surface area contributed by atoms with E-state index in [4.69, 9.17) is 4.74 Å². The molecule has 142 valence electrons. The van der Waals surface area contributed by atoms with E-state index in [0.29, 0.717) is 5.56 Å². The van der Waals surface area contributed by atoms with Crippen molar-refractivity contribution in [2.75, 3.05) is 19.7 Å². The van der Waals surface area contributed by atoms with Crippen molar-refractivity contribution in [3.8, 4) is 5.75 Å². The van der Waals surface area contributed by atoms with Crippen LogP contribution in [0.25, 0.3) is 0 Å². The van der Waals surface area contributed by atoms with Crippen molar-refractivity contribution in [2.45, 2.75) is 17.4 Å². The molecule has 0 N–H and O–H groups in total. The fourth-order valence-electron chi connectivity index (χ4n) is 2.66. The van der Waals surface area contributed by atoms with Gasteiger partial charge in [-0.1, -0.05) is 12.1 Å². The molecule has 0 aliphatic carbocycles. The molecule has 3 rings (SSSR count). The molecule has 11 heteroatoms. The Kier molecular flexibility index (Phi) is 4.95. The fourth-order valence-corrected chi connectivity index (χ4v) is 4.20. The van der Waals surface area contributed by atoms with Crippen LogP contribution in [0.4, 0.5) is 13.2 Å². The van der Waals surface area contributed by atoms with Gasteiger partial charge in [-0.25, -0.2) is 8.42 Å². The number of ether oxygens (including phenoxy) is 2. The maximum atomic E-state index is 12.9. The molecule has 1 unspecified atom stereocenters. The van der Waals surface area contributed by atoms with Gasteiger partial charge in [-0.2, -0.15) is 9.40 Å². The predicted molar refractivity (Wildman–Crippen MR) is 83.8 cm³/mol. The van der Waals surface area contributed by atoms with Gasteiger partial charge in [-0.3, -0.25) is 4.68 Å². The van der Waals surface area contributed by atoms with Crippen LogP contribution in [-0.2, 0) is 21.8 Å². The highest BCUT2D eigenvalue weighted by atomic mass is 32.2. The Bertz CT molecular complexity index is 882. The summed E-state index contributed by atoms with van der Waals surface area (Å²) in [5.41, 5.74) is 0.687. The number of aryl methyl sites for hydroxylation is 1. The Labute approximate surface area is 148 Å². The second kappa shape index (κ2) is 6.89. The number of aromatic nitrogens is 2. The van der Waals surface area contributed by atoms with Crippen LogP contribution < -0.4 is 4.74 Å². The standard InChI is InChI=1S/C15H16F3N3O4S/c1-20-9-11(8-19-20)13-10-21(6-7-24-13)26(22,23)14-5-3-2-4-12(14)25-15(16,17)18/h2-5,8-9,13H,6-7,10H2,1H3. The average molecular weight is 391 g/mol. The van der Waals surface area contributed by atoms with Crippen molar-refractivity contribution in [1.82, 2.24) is 14.1 Å². The highest BCUT2D eigenvalue weighted by Crippen LogP contribution is 2.33. The molecular weight excluding hydrogens is 375 g/mol. The SMILES string of the molecule is Cn1cc(C2CN(S(=O)(=O)c3ccccc3OC(F)(F)F)CCO2)cn1. The molecule has 1 fully saturated rings. The molecule has 2 heterocycles. The number of halogens is 3. The predicted octanol–water partition coefficient (Wildman–Crippen LogP) is 2.08. The van der Waals surface area contributed by atoms with E-state index in [1.54, 1.807) is 24.1 Å². The number of alkyl halides is 3. The normalized spacial score (nSPS) is 19.5. The Balaban J connectivity index is 1.88. The number of rotatable bonds is 4. The van der Waals surface area contributed by atoms with Crippen LogP contribution in [0.15, 0.2) is 41.6 Å². The summed E-state index contributed by atoms with van der Waals surface area (Å²) >= 11 is 0. The van der Waals surface area contributed by atoms with Crippen molar-refractivity contribution in [3.63, 3.8) is 0 Å². The molecule has 1 aromatic carbocycles. The summed E-state index contributed by atoms with van der Waals surface area (Å²) in [6.45, 7) is 0.106. The van der Waals surface area contributed by atoms with Crippen LogP contribution in [0.2, 0.25) is 0 Å². The van der Waals surface area contributed by atoms with E-state index in [9.17, 15) is 21.6 Å². The van der Waals surface area contributed by atoms with E-state index < -0.39 is 33.1 Å². The molecule has 1 atom stereocenters. The summed E-state index contributed by atoms with van der Waals surface area (Å²) in [6.07, 6.45) is -2.29. The van der Waals surface area contributed by atoms with Crippen LogP contribution in [0.5, 0.6) is 5.75 Å².